The number of hydrogen-bond donors (Lipinski definition) is 1. The van der Waals surface area contributed by atoms with Gasteiger partial charge in [-0.25, -0.2) is 9.18 Å². The summed E-state index contributed by atoms with van der Waals surface area (Å²) >= 11 is 6.20. The van der Waals surface area contributed by atoms with Crippen molar-refractivity contribution in [1.82, 2.24) is 14.8 Å². The van der Waals surface area contributed by atoms with Crippen LogP contribution in [0.2, 0.25) is 5.02 Å². The van der Waals surface area contributed by atoms with Gasteiger partial charge in [0.1, 0.15) is 12.8 Å². The lowest BCUT2D eigenvalue weighted by Gasteiger charge is -2.37. The molecule has 28 heavy (non-hydrogen) atoms. The summed E-state index contributed by atoms with van der Waals surface area (Å²) in [5, 5.41) is 1.86. The van der Waals surface area contributed by atoms with Gasteiger partial charge in [-0.3, -0.25) is 9.80 Å². The van der Waals surface area contributed by atoms with Crippen molar-refractivity contribution in [2.75, 3.05) is 32.8 Å². The van der Waals surface area contributed by atoms with Gasteiger partial charge in [-0.2, -0.15) is 0 Å². The summed E-state index contributed by atoms with van der Waals surface area (Å²) < 4.78 is 18.4. The largest absolute Gasteiger partial charge is 0.448 e. The molecule has 0 bridgehead atoms. The molecule has 2 aliphatic rings. The molecule has 2 aromatic rings. The molecule has 2 aliphatic heterocycles. The van der Waals surface area contributed by atoms with Gasteiger partial charge < -0.3 is 9.72 Å². The first-order valence-corrected chi connectivity index (χ1v) is 10.4. The molecule has 3 heterocycles. The van der Waals surface area contributed by atoms with Crippen LogP contribution < -0.4 is 0 Å². The van der Waals surface area contributed by atoms with Crippen molar-refractivity contribution in [3.8, 4) is 0 Å². The Morgan fingerprint density at radius 2 is 2.18 bits per heavy atom. The van der Waals surface area contributed by atoms with Gasteiger partial charge in [-0.15, -0.1) is 0 Å². The summed E-state index contributed by atoms with van der Waals surface area (Å²) in [6.45, 7) is 6.72. The van der Waals surface area contributed by atoms with Crippen LogP contribution in [0, 0.1) is 5.92 Å². The normalized spacial score (nSPS) is 20.5. The first-order valence-electron chi connectivity index (χ1n) is 10.0. The summed E-state index contributed by atoms with van der Waals surface area (Å²) in [7, 11) is 0. The van der Waals surface area contributed by atoms with Crippen LogP contribution in [0.3, 0.4) is 0 Å². The fraction of sp³-hybridized carbons (Fsp3) is 0.571. The minimum absolute atomic E-state index is 0.0401. The minimum atomic E-state index is -0.734. The first kappa shape index (κ1) is 19.5. The lowest BCUT2D eigenvalue weighted by Crippen LogP contribution is -2.50. The van der Waals surface area contributed by atoms with Crippen molar-refractivity contribution in [3.05, 3.63) is 34.5 Å². The minimum Gasteiger partial charge on any atom is -0.448 e. The summed E-state index contributed by atoms with van der Waals surface area (Å²) in [4.78, 5) is 20.1. The molecule has 4 rings (SSSR count). The van der Waals surface area contributed by atoms with Crippen molar-refractivity contribution in [2.45, 2.75) is 38.9 Å². The Balaban J connectivity index is 1.51. The number of benzene rings is 1. The standard InChI is InChI=1S/C21H27ClFN3O2/c1-13(2)9-19-20-16(17-10-14(22)3-4-18(17)24-20)5-6-26(19)21(27)28-8-7-25-11-15(23)12-25/h3-4,10,13,15,19,24H,5-9,11-12H2,1-2H3. The van der Waals surface area contributed by atoms with E-state index in [1.165, 1.54) is 5.56 Å². The summed E-state index contributed by atoms with van der Waals surface area (Å²) in [5.74, 6) is 0.434. The number of alkyl halides is 1. The number of likely N-dealkylation sites (tertiary alicyclic amines) is 1. The molecule has 0 aliphatic carbocycles. The predicted octanol–water partition coefficient (Wildman–Crippen LogP) is 4.56. The highest BCUT2D eigenvalue weighted by Crippen LogP contribution is 2.38. The van der Waals surface area contributed by atoms with E-state index in [2.05, 4.69) is 18.8 Å². The van der Waals surface area contributed by atoms with Crippen molar-refractivity contribution in [2.24, 2.45) is 5.92 Å². The monoisotopic (exact) mass is 407 g/mol. The molecule has 1 aromatic carbocycles. The Bertz CT molecular complexity index is 863. The van der Waals surface area contributed by atoms with Crippen LogP contribution in [-0.4, -0.2) is 59.8 Å². The number of aromatic amines is 1. The number of H-pyrrole nitrogens is 1. The van der Waals surface area contributed by atoms with Crippen LogP contribution in [0.25, 0.3) is 10.9 Å². The van der Waals surface area contributed by atoms with Gasteiger partial charge in [0, 0.05) is 47.8 Å². The Kier molecular flexibility index (Phi) is 5.52. The van der Waals surface area contributed by atoms with E-state index >= 15 is 0 Å². The molecule has 1 amide bonds. The van der Waals surface area contributed by atoms with Crippen molar-refractivity contribution in [3.63, 3.8) is 0 Å². The number of hydrogen-bond acceptors (Lipinski definition) is 3. The fourth-order valence-corrected chi connectivity index (χ4v) is 4.46. The molecule has 1 aromatic heterocycles. The molecule has 7 heteroatoms. The lowest BCUT2D eigenvalue weighted by molar-refractivity contribution is 0.0313. The number of nitrogens with zero attached hydrogens (tertiary/aromatic N) is 2. The molecule has 1 fully saturated rings. The second-order valence-electron chi connectivity index (χ2n) is 8.27. The van der Waals surface area contributed by atoms with Crippen molar-refractivity contribution in [1.29, 1.82) is 0 Å². The number of halogens is 2. The zero-order chi connectivity index (χ0) is 19.8. The molecular formula is C21H27ClFN3O2. The molecule has 0 saturated carbocycles. The maximum Gasteiger partial charge on any atom is 0.410 e. The SMILES string of the molecule is CC(C)CC1c2[nH]c3ccc(Cl)cc3c2CCN1C(=O)OCCN1CC(F)C1. The summed E-state index contributed by atoms with van der Waals surface area (Å²) in [6, 6.07) is 5.84. The highest BCUT2D eigenvalue weighted by atomic mass is 35.5. The fourth-order valence-electron chi connectivity index (χ4n) is 4.28. The average molecular weight is 408 g/mol. The van der Waals surface area contributed by atoms with E-state index < -0.39 is 6.17 Å². The Morgan fingerprint density at radius 1 is 1.39 bits per heavy atom. The number of fused-ring (bicyclic) bond motifs is 3. The number of rotatable bonds is 5. The van der Waals surface area contributed by atoms with Gasteiger partial charge in [0.2, 0.25) is 0 Å². The Hall–Kier alpha value is -1.79. The van der Waals surface area contributed by atoms with Gasteiger partial charge in [0.05, 0.1) is 6.04 Å². The van der Waals surface area contributed by atoms with Gasteiger partial charge in [0.25, 0.3) is 0 Å². The van der Waals surface area contributed by atoms with Crippen LogP contribution in [-0.2, 0) is 11.2 Å². The maximum absolute atomic E-state index is 12.9. The zero-order valence-electron chi connectivity index (χ0n) is 16.4. The van der Waals surface area contributed by atoms with E-state index in [0.29, 0.717) is 38.7 Å². The second-order valence-corrected chi connectivity index (χ2v) is 8.70. The van der Waals surface area contributed by atoms with Crippen LogP contribution in [0.5, 0.6) is 0 Å². The third kappa shape index (κ3) is 3.85. The predicted molar refractivity (Wildman–Crippen MR) is 109 cm³/mol. The van der Waals surface area contributed by atoms with E-state index in [-0.39, 0.29) is 12.1 Å². The number of ether oxygens (including phenoxy) is 1. The van der Waals surface area contributed by atoms with Gasteiger partial charge in [0.15, 0.2) is 0 Å². The lowest BCUT2D eigenvalue weighted by atomic mass is 9.92. The number of carbonyl (C=O) groups excluding carboxylic acids is 1. The van der Waals surface area contributed by atoms with E-state index in [4.69, 9.17) is 16.3 Å². The third-order valence-electron chi connectivity index (χ3n) is 5.69. The summed E-state index contributed by atoms with van der Waals surface area (Å²) in [5.41, 5.74) is 3.40. The number of amides is 1. The topological polar surface area (TPSA) is 48.6 Å². The van der Waals surface area contributed by atoms with E-state index in [9.17, 15) is 9.18 Å². The quantitative estimate of drug-likeness (QED) is 0.790. The Morgan fingerprint density at radius 3 is 2.89 bits per heavy atom. The smallest absolute Gasteiger partial charge is 0.410 e. The third-order valence-corrected chi connectivity index (χ3v) is 5.92. The maximum atomic E-state index is 12.9. The molecule has 0 radical (unpaired) electrons. The highest BCUT2D eigenvalue weighted by Gasteiger charge is 2.35. The number of aromatic nitrogens is 1. The molecule has 1 saturated heterocycles. The van der Waals surface area contributed by atoms with Crippen molar-refractivity contribution < 1.29 is 13.9 Å². The van der Waals surface area contributed by atoms with Crippen LogP contribution >= 0.6 is 11.6 Å². The number of nitrogens with one attached hydrogen (secondary N) is 1. The van der Waals surface area contributed by atoms with E-state index in [1.54, 1.807) is 0 Å². The van der Waals surface area contributed by atoms with Crippen LogP contribution in [0.1, 0.15) is 37.6 Å². The van der Waals surface area contributed by atoms with Gasteiger partial charge in [-0.05, 0) is 42.5 Å². The molecule has 1 unspecified atom stereocenters. The first-order chi connectivity index (χ1) is 13.4. The molecule has 152 valence electrons. The Labute approximate surface area is 169 Å². The van der Waals surface area contributed by atoms with E-state index in [1.807, 2.05) is 28.0 Å². The van der Waals surface area contributed by atoms with Gasteiger partial charge >= 0.3 is 6.09 Å². The molecule has 0 spiro atoms. The molecule has 1 atom stereocenters. The van der Waals surface area contributed by atoms with Crippen molar-refractivity contribution >= 4 is 28.6 Å². The average Bonchev–Trinajstić information content (AvgIpc) is 2.98. The van der Waals surface area contributed by atoms with E-state index in [0.717, 1.165) is 34.5 Å². The van der Waals surface area contributed by atoms with Crippen LogP contribution in [0.15, 0.2) is 18.2 Å². The zero-order valence-corrected chi connectivity index (χ0v) is 17.1. The van der Waals surface area contributed by atoms with Crippen LogP contribution in [0.4, 0.5) is 9.18 Å². The molecule has 5 nitrogen and oxygen atoms in total. The second kappa shape index (κ2) is 7.91. The number of carbonyl (C=O) groups is 1. The molecule has 1 N–H and O–H groups in total. The summed E-state index contributed by atoms with van der Waals surface area (Å²) in [6.07, 6.45) is 0.611. The van der Waals surface area contributed by atoms with Gasteiger partial charge in [-0.1, -0.05) is 25.4 Å². The highest BCUT2D eigenvalue weighted by molar-refractivity contribution is 6.31. The molecular weight excluding hydrogens is 381 g/mol.